The number of nitrogens with two attached hydrogens (primary N) is 1. The molecule has 0 radical (unpaired) electrons. The fraction of sp³-hybridized carbons (Fsp3) is 0.750. The molecule has 1 atom stereocenters. The Morgan fingerprint density at radius 3 is 2.32 bits per heavy atom. The molecule has 0 fully saturated rings. The van der Waals surface area contributed by atoms with Gasteiger partial charge >= 0.3 is 5.97 Å². The van der Waals surface area contributed by atoms with E-state index in [0.29, 0.717) is 12.3 Å². The maximum atomic E-state index is 11.5. The molecule has 0 rings (SSSR count). The smallest absolute Gasteiger partial charge is 0.325 e. The molecule has 0 aliphatic heterocycles. The van der Waals surface area contributed by atoms with Gasteiger partial charge in [-0.3, -0.25) is 14.4 Å². The highest BCUT2D eigenvalue weighted by Gasteiger charge is 2.15. The van der Waals surface area contributed by atoms with Crippen molar-refractivity contribution in [3.05, 3.63) is 0 Å². The lowest BCUT2D eigenvalue weighted by Gasteiger charge is -2.13. The number of ether oxygens (including phenoxy) is 1. The molecule has 7 heteroatoms. The van der Waals surface area contributed by atoms with E-state index in [0.717, 1.165) is 0 Å². The van der Waals surface area contributed by atoms with Gasteiger partial charge in [0.15, 0.2) is 0 Å². The Kier molecular flexibility index (Phi) is 8.52. The first-order valence-electron chi connectivity index (χ1n) is 6.32. The first kappa shape index (κ1) is 17.4. The van der Waals surface area contributed by atoms with Gasteiger partial charge in [-0.2, -0.15) is 0 Å². The van der Waals surface area contributed by atoms with Crippen LogP contribution in [0, 0.1) is 5.92 Å². The monoisotopic (exact) mass is 273 g/mol. The van der Waals surface area contributed by atoms with Gasteiger partial charge in [0.25, 0.3) is 0 Å². The lowest BCUT2D eigenvalue weighted by atomic mass is 10.0. The van der Waals surface area contributed by atoms with Gasteiger partial charge in [0.2, 0.25) is 11.8 Å². The van der Waals surface area contributed by atoms with Gasteiger partial charge in [-0.25, -0.2) is 0 Å². The minimum absolute atomic E-state index is 0.204. The predicted octanol–water partition coefficient (Wildman–Crippen LogP) is -0.845. The SMILES string of the molecule is CCOC(=O)CNC(=O)CNC(=O)[C@@H](N)CC(C)C. The van der Waals surface area contributed by atoms with E-state index in [1.807, 2.05) is 13.8 Å². The molecule has 0 aromatic carbocycles. The number of nitrogens with one attached hydrogen (secondary N) is 2. The molecule has 19 heavy (non-hydrogen) atoms. The third kappa shape index (κ3) is 9.01. The molecule has 0 aliphatic rings. The Morgan fingerprint density at radius 2 is 1.79 bits per heavy atom. The van der Waals surface area contributed by atoms with Crippen LogP contribution in [0.1, 0.15) is 27.2 Å². The zero-order valence-corrected chi connectivity index (χ0v) is 11.7. The molecule has 0 spiro atoms. The second-order valence-electron chi connectivity index (χ2n) is 4.54. The summed E-state index contributed by atoms with van der Waals surface area (Å²) in [6.45, 7) is 5.44. The van der Waals surface area contributed by atoms with E-state index in [-0.39, 0.29) is 25.6 Å². The van der Waals surface area contributed by atoms with Crippen LogP contribution in [0.2, 0.25) is 0 Å². The molecule has 7 nitrogen and oxygen atoms in total. The summed E-state index contributed by atoms with van der Waals surface area (Å²) < 4.78 is 4.64. The van der Waals surface area contributed by atoms with Crippen LogP contribution in [0.15, 0.2) is 0 Å². The van der Waals surface area contributed by atoms with E-state index in [9.17, 15) is 14.4 Å². The van der Waals surface area contributed by atoms with Crippen LogP contribution in [-0.2, 0) is 19.1 Å². The molecule has 2 amide bonds. The highest BCUT2D eigenvalue weighted by molar-refractivity contribution is 5.88. The third-order valence-electron chi connectivity index (χ3n) is 2.22. The second-order valence-corrected chi connectivity index (χ2v) is 4.54. The fourth-order valence-corrected chi connectivity index (χ4v) is 1.36. The molecule has 0 saturated heterocycles. The van der Waals surface area contributed by atoms with E-state index in [1.165, 1.54) is 0 Å². The van der Waals surface area contributed by atoms with Gasteiger partial charge in [-0.05, 0) is 19.3 Å². The topological polar surface area (TPSA) is 111 Å². The molecule has 0 heterocycles. The predicted molar refractivity (Wildman–Crippen MR) is 70.1 cm³/mol. The molecular formula is C12H23N3O4. The fourth-order valence-electron chi connectivity index (χ4n) is 1.36. The molecule has 0 aliphatic carbocycles. The quantitative estimate of drug-likeness (QED) is 0.499. The Labute approximate surface area is 113 Å². The molecule has 0 bridgehead atoms. The van der Waals surface area contributed by atoms with Gasteiger partial charge in [-0.15, -0.1) is 0 Å². The van der Waals surface area contributed by atoms with E-state index < -0.39 is 17.9 Å². The summed E-state index contributed by atoms with van der Waals surface area (Å²) >= 11 is 0. The number of hydrogen-bond acceptors (Lipinski definition) is 5. The normalized spacial score (nSPS) is 11.8. The molecule has 4 N–H and O–H groups in total. The van der Waals surface area contributed by atoms with E-state index >= 15 is 0 Å². The summed E-state index contributed by atoms with van der Waals surface area (Å²) in [5.41, 5.74) is 5.65. The summed E-state index contributed by atoms with van der Waals surface area (Å²) in [5, 5.41) is 4.75. The summed E-state index contributed by atoms with van der Waals surface area (Å²) in [6, 6.07) is -0.627. The molecular weight excluding hydrogens is 250 g/mol. The number of carbonyl (C=O) groups excluding carboxylic acids is 3. The second kappa shape index (κ2) is 9.32. The summed E-state index contributed by atoms with van der Waals surface area (Å²) in [6.07, 6.45) is 0.552. The van der Waals surface area contributed by atoms with Crippen LogP contribution in [0.5, 0.6) is 0 Å². The lowest BCUT2D eigenvalue weighted by molar-refractivity contribution is -0.143. The van der Waals surface area contributed by atoms with Crippen LogP contribution in [-0.4, -0.2) is 43.5 Å². The van der Waals surface area contributed by atoms with Crippen molar-refractivity contribution in [1.82, 2.24) is 10.6 Å². The summed E-state index contributed by atoms with van der Waals surface area (Å²) in [4.78, 5) is 33.8. The molecule has 0 aromatic heterocycles. The Balaban J connectivity index is 3.84. The Morgan fingerprint density at radius 1 is 1.16 bits per heavy atom. The van der Waals surface area contributed by atoms with Crippen molar-refractivity contribution < 1.29 is 19.1 Å². The van der Waals surface area contributed by atoms with E-state index in [2.05, 4.69) is 15.4 Å². The highest BCUT2D eigenvalue weighted by Crippen LogP contribution is 2.02. The van der Waals surface area contributed by atoms with Crippen molar-refractivity contribution in [2.75, 3.05) is 19.7 Å². The average molecular weight is 273 g/mol. The van der Waals surface area contributed by atoms with Crippen molar-refractivity contribution >= 4 is 17.8 Å². The molecule has 0 unspecified atom stereocenters. The Bertz CT molecular complexity index is 318. The van der Waals surface area contributed by atoms with Crippen molar-refractivity contribution in [2.24, 2.45) is 11.7 Å². The maximum absolute atomic E-state index is 11.5. The lowest BCUT2D eigenvalue weighted by Crippen LogP contribution is -2.46. The molecule has 110 valence electrons. The first-order chi connectivity index (χ1) is 8.86. The summed E-state index contributed by atoms with van der Waals surface area (Å²) in [7, 11) is 0. The van der Waals surface area contributed by atoms with Crippen molar-refractivity contribution in [3.8, 4) is 0 Å². The van der Waals surface area contributed by atoms with Gasteiger partial charge in [0.05, 0.1) is 19.2 Å². The number of hydrogen-bond donors (Lipinski definition) is 3. The van der Waals surface area contributed by atoms with Crippen LogP contribution < -0.4 is 16.4 Å². The first-order valence-corrected chi connectivity index (χ1v) is 6.32. The minimum atomic E-state index is -0.627. The van der Waals surface area contributed by atoms with Crippen molar-refractivity contribution in [2.45, 2.75) is 33.2 Å². The molecule has 0 saturated carbocycles. The van der Waals surface area contributed by atoms with Gasteiger partial charge in [0, 0.05) is 0 Å². The van der Waals surface area contributed by atoms with Crippen LogP contribution in [0.3, 0.4) is 0 Å². The standard InChI is InChI=1S/C12H23N3O4/c1-4-19-11(17)7-14-10(16)6-15-12(18)9(13)5-8(2)3/h8-9H,4-7,13H2,1-3H3,(H,14,16)(H,15,18)/t9-/m0/s1. The Hall–Kier alpha value is -1.63. The van der Waals surface area contributed by atoms with Gasteiger partial charge in [-0.1, -0.05) is 13.8 Å². The van der Waals surface area contributed by atoms with Crippen LogP contribution in [0.25, 0.3) is 0 Å². The number of esters is 1. The average Bonchev–Trinajstić information content (AvgIpc) is 2.32. The number of carbonyl (C=O) groups is 3. The zero-order chi connectivity index (χ0) is 14.8. The highest BCUT2D eigenvalue weighted by atomic mass is 16.5. The van der Waals surface area contributed by atoms with E-state index in [4.69, 9.17) is 5.73 Å². The van der Waals surface area contributed by atoms with Gasteiger partial charge in [0.1, 0.15) is 6.54 Å². The minimum Gasteiger partial charge on any atom is -0.465 e. The van der Waals surface area contributed by atoms with Gasteiger partial charge < -0.3 is 21.1 Å². The van der Waals surface area contributed by atoms with Crippen molar-refractivity contribution in [3.63, 3.8) is 0 Å². The maximum Gasteiger partial charge on any atom is 0.325 e. The number of amides is 2. The zero-order valence-electron chi connectivity index (χ0n) is 11.7. The van der Waals surface area contributed by atoms with Crippen molar-refractivity contribution in [1.29, 1.82) is 0 Å². The third-order valence-corrected chi connectivity index (χ3v) is 2.22. The van der Waals surface area contributed by atoms with E-state index in [1.54, 1.807) is 6.92 Å². The van der Waals surface area contributed by atoms with Crippen LogP contribution in [0.4, 0.5) is 0 Å². The summed E-state index contributed by atoms with van der Waals surface area (Å²) in [5.74, 6) is -1.05. The molecule has 0 aromatic rings. The van der Waals surface area contributed by atoms with Crippen LogP contribution >= 0.6 is 0 Å². The largest absolute Gasteiger partial charge is 0.465 e. The number of rotatable bonds is 8.